The topological polar surface area (TPSA) is 90.7 Å². The Morgan fingerprint density at radius 1 is 1.18 bits per heavy atom. The van der Waals surface area contributed by atoms with Crippen molar-refractivity contribution in [3.05, 3.63) is 63.4 Å². The summed E-state index contributed by atoms with van der Waals surface area (Å²) in [5.74, 6) is -1.18. The maximum atomic E-state index is 13.5. The Kier molecular flexibility index (Phi) is 5.48. The zero-order chi connectivity index (χ0) is 24.0. The van der Waals surface area contributed by atoms with Gasteiger partial charge in [0.1, 0.15) is 6.61 Å². The van der Waals surface area contributed by atoms with Crippen molar-refractivity contribution in [2.45, 2.75) is 45.9 Å². The molecule has 0 spiro atoms. The minimum Gasteiger partial charge on any atom is -0.457 e. The summed E-state index contributed by atoms with van der Waals surface area (Å²) in [5.41, 5.74) is 1.93. The van der Waals surface area contributed by atoms with Crippen LogP contribution in [0.3, 0.4) is 0 Å². The zero-order valence-corrected chi connectivity index (χ0v) is 19.6. The van der Waals surface area contributed by atoms with E-state index in [1.54, 1.807) is 17.6 Å². The van der Waals surface area contributed by atoms with Crippen molar-refractivity contribution >= 4 is 22.8 Å². The van der Waals surface area contributed by atoms with Crippen molar-refractivity contribution in [2.24, 2.45) is 0 Å². The SMILES string of the molecule is CCN(CC)CC(=O)OC1(CC)C(=O)OCc2c1cc1n(c2=O)Cc2cc3ccccc3nc2-1. The predicted molar refractivity (Wildman–Crippen MR) is 126 cm³/mol. The summed E-state index contributed by atoms with van der Waals surface area (Å²) in [5, 5.41) is 0.999. The molecule has 0 saturated heterocycles. The number of para-hydroxylation sites is 1. The highest BCUT2D eigenvalue weighted by molar-refractivity contribution is 5.88. The first-order valence-corrected chi connectivity index (χ1v) is 11.7. The molecule has 176 valence electrons. The number of pyridine rings is 2. The maximum Gasteiger partial charge on any atom is 0.355 e. The average molecular weight is 462 g/mol. The molecule has 4 heterocycles. The Morgan fingerprint density at radius 3 is 2.68 bits per heavy atom. The van der Waals surface area contributed by atoms with Crippen molar-refractivity contribution in [2.75, 3.05) is 19.6 Å². The third-order valence-electron chi connectivity index (χ3n) is 6.92. The molecule has 2 aromatic heterocycles. The van der Waals surface area contributed by atoms with Crippen LogP contribution in [0.1, 0.15) is 43.9 Å². The van der Waals surface area contributed by atoms with E-state index in [1.165, 1.54) is 0 Å². The lowest BCUT2D eigenvalue weighted by molar-refractivity contribution is -0.190. The van der Waals surface area contributed by atoms with Gasteiger partial charge in [-0.25, -0.2) is 9.78 Å². The number of fused-ring (bicyclic) bond motifs is 5. The summed E-state index contributed by atoms with van der Waals surface area (Å²) in [6, 6.07) is 11.6. The molecule has 0 bridgehead atoms. The number of hydrogen-bond acceptors (Lipinski definition) is 7. The van der Waals surface area contributed by atoms with Gasteiger partial charge in [-0.1, -0.05) is 39.0 Å². The largest absolute Gasteiger partial charge is 0.457 e. The lowest BCUT2D eigenvalue weighted by atomic mass is 9.85. The highest BCUT2D eigenvalue weighted by atomic mass is 16.6. The minimum absolute atomic E-state index is 0.0532. The first kappa shape index (κ1) is 22.3. The van der Waals surface area contributed by atoms with Crippen LogP contribution in [0, 0.1) is 0 Å². The molecule has 0 aliphatic carbocycles. The van der Waals surface area contributed by atoms with Crippen molar-refractivity contribution in [1.29, 1.82) is 0 Å². The summed E-state index contributed by atoms with van der Waals surface area (Å²) in [6.45, 7) is 7.32. The monoisotopic (exact) mass is 461 g/mol. The van der Waals surface area contributed by atoms with E-state index in [0.717, 1.165) is 16.5 Å². The van der Waals surface area contributed by atoms with Crippen molar-refractivity contribution < 1.29 is 19.1 Å². The Balaban J connectivity index is 1.64. The Labute approximate surface area is 197 Å². The summed E-state index contributed by atoms with van der Waals surface area (Å²) >= 11 is 0. The summed E-state index contributed by atoms with van der Waals surface area (Å²) in [6.07, 6.45) is 0.156. The van der Waals surface area contributed by atoms with Crippen LogP contribution in [0.2, 0.25) is 0 Å². The van der Waals surface area contributed by atoms with Crippen LogP contribution in [0.5, 0.6) is 0 Å². The Hall–Kier alpha value is -3.52. The van der Waals surface area contributed by atoms with Crippen LogP contribution in [0.4, 0.5) is 0 Å². The molecular formula is C26H27N3O5. The number of likely N-dealkylation sites (N-methyl/N-ethyl adjacent to an activating group) is 1. The number of esters is 2. The molecule has 34 heavy (non-hydrogen) atoms. The number of nitrogens with zero attached hydrogens (tertiary/aromatic N) is 3. The highest BCUT2D eigenvalue weighted by Gasteiger charge is 2.50. The molecule has 5 rings (SSSR count). The molecule has 1 atom stereocenters. The van der Waals surface area contributed by atoms with Gasteiger partial charge in [-0.05, 0) is 37.7 Å². The average Bonchev–Trinajstić information content (AvgIpc) is 3.20. The number of cyclic esters (lactones) is 1. The molecule has 1 aromatic carbocycles. The predicted octanol–water partition coefficient (Wildman–Crippen LogP) is 2.97. The number of hydrogen-bond donors (Lipinski definition) is 0. The fraction of sp³-hybridized carbons (Fsp3) is 0.385. The van der Waals surface area contributed by atoms with E-state index in [1.807, 2.05) is 49.1 Å². The van der Waals surface area contributed by atoms with Crippen LogP contribution in [-0.2, 0) is 37.8 Å². The second-order valence-electron chi connectivity index (χ2n) is 8.69. The molecule has 2 aliphatic heterocycles. The minimum atomic E-state index is -1.66. The molecule has 2 aliphatic rings. The second kappa shape index (κ2) is 8.36. The molecule has 1 unspecified atom stereocenters. The maximum absolute atomic E-state index is 13.5. The van der Waals surface area contributed by atoms with E-state index in [-0.39, 0.29) is 25.1 Å². The molecule has 0 amide bonds. The standard InChI is InChI=1S/C26H27N3O5/c1-4-26(34-22(30)14-28(5-2)6-3)19-12-21-23-17(11-16-9-7-8-10-20(16)27-23)13-29(21)24(31)18(19)15-33-25(26)32/h7-12H,4-6,13-15H2,1-3H3. The van der Waals surface area contributed by atoms with Gasteiger partial charge in [-0.3, -0.25) is 14.5 Å². The van der Waals surface area contributed by atoms with Gasteiger partial charge in [0.25, 0.3) is 5.56 Å². The zero-order valence-electron chi connectivity index (χ0n) is 19.6. The molecule has 3 aromatic rings. The number of aromatic nitrogens is 2. The number of benzene rings is 1. The highest BCUT2D eigenvalue weighted by Crippen LogP contribution is 2.40. The molecule has 0 saturated carbocycles. The third kappa shape index (κ3) is 3.32. The second-order valence-corrected chi connectivity index (χ2v) is 8.69. The van der Waals surface area contributed by atoms with E-state index in [4.69, 9.17) is 14.5 Å². The smallest absolute Gasteiger partial charge is 0.355 e. The van der Waals surface area contributed by atoms with Gasteiger partial charge in [-0.15, -0.1) is 0 Å². The van der Waals surface area contributed by atoms with Gasteiger partial charge in [-0.2, -0.15) is 0 Å². The fourth-order valence-corrected chi connectivity index (χ4v) is 4.94. The quantitative estimate of drug-likeness (QED) is 0.408. The van der Waals surface area contributed by atoms with E-state index < -0.39 is 17.5 Å². The number of carbonyl (C=O) groups is 2. The van der Waals surface area contributed by atoms with Gasteiger partial charge in [0.2, 0.25) is 5.60 Å². The molecular weight excluding hydrogens is 434 g/mol. The first-order chi connectivity index (χ1) is 16.4. The van der Waals surface area contributed by atoms with Crippen LogP contribution >= 0.6 is 0 Å². The van der Waals surface area contributed by atoms with Crippen molar-refractivity contribution in [1.82, 2.24) is 14.5 Å². The van der Waals surface area contributed by atoms with Gasteiger partial charge >= 0.3 is 11.9 Å². The number of carbonyl (C=O) groups excluding carboxylic acids is 2. The lowest BCUT2D eigenvalue weighted by Crippen LogP contribution is -2.48. The summed E-state index contributed by atoms with van der Waals surface area (Å²) in [4.78, 5) is 46.2. The third-order valence-corrected chi connectivity index (χ3v) is 6.92. The fourth-order valence-electron chi connectivity index (χ4n) is 4.94. The normalized spacial score (nSPS) is 18.4. The first-order valence-electron chi connectivity index (χ1n) is 11.7. The van der Waals surface area contributed by atoms with Gasteiger partial charge in [0.15, 0.2) is 0 Å². The van der Waals surface area contributed by atoms with Crippen LogP contribution in [0.15, 0.2) is 41.2 Å². The summed E-state index contributed by atoms with van der Waals surface area (Å²) in [7, 11) is 0. The van der Waals surface area contributed by atoms with Gasteiger partial charge in [0, 0.05) is 16.5 Å². The Bertz CT molecular complexity index is 1370. The lowest BCUT2D eigenvalue weighted by Gasteiger charge is -2.36. The van der Waals surface area contributed by atoms with E-state index in [9.17, 15) is 14.4 Å². The molecule has 8 heteroatoms. The Morgan fingerprint density at radius 2 is 1.94 bits per heavy atom. The van der Waals surface area contributed by atoms with E-state index in [2.05, 4.69) is 0 Å². The molecule has 8 nitrogen and oxygen atoms in total. The van der Waals surface area contributed by atoms with Crippen molar-refractivity contribution in [3.8, 4) is 11.4 Å². The van der Waals surface area contributed by atoms with E-state index in [0.29, 0.717) is 42.1 Å². The number of rotatable bonds is 6. The van der Waals surface area contributed by atoms with E-state index >= 15 is 0 Å². The van der Waals surface area contributed by atoms with Crippen LogP contribution in [0.25, 0.3) is 22.3 Å². The molecule has 0 radical (unpaired) electrons. The number of ether oxygens (including phenoxy) is 2. The van der Waals surface area contributed by atoms with Crippen molar-refractivity contribution in [3.63, 3.8) is 0 Å². The molecule has 0 N–H and O–H groups in total. The van der Waals surface area contributed by atoms with Gasteiger partial charge in [0.05, 0.1) is 35.6 Å². The molecule has 0 fully saturated rings. The van der Waals surface area contributed by atoms with Gasteiger partial charge < -0.3 is 14.0 Å². The van der Waals surface area contributed by atoms with Crippen LogP contribution < -0.4 is 5.56 Å². The van der Waals surface area contributed by atoms with Crippen LogP contribution in [-0.4, -0.2) is 46.0 Å². The summed E-state index contributed by atoms with van der Waals surface area (Å²) < 4.78 is 12.9.